The van der Waals surface area contributed by atoms with Crippen LogP contribution in [0.5, 0.6) is 0 Å². The molecule has 0 aliphatic rings. The van der Waals surface area contributed by atoms with Gasteiger partial charge in [-0.3, -0.25) is 0 Å². The molecule has 0 amide bonds. The van der Waals surface area contributed by atoms with Crippen molar-refractivity contribution in [2.75, 3.05) is 0 Å². The molecule has 0 radical (unpaired) electrons. The summed E-state index contributed by atoms with van der Waals surface area (Å²) in [6, 6.07) is 84.0. The highest BCUT2D eigenvalue weighted by Gasteiger charge is 2.20. The second-order valence-corrected chi connectivity index (χ2v) is 18.2. The lowest BCUT2D eigenvalue weighted by molar-refractivity contribution is 1.18. The van der Waals surface area contributed by atoms with Crippen LogP contribution < -0.4 is 0 Å². The van der Waals surface area contributed by atoms with Crippen molar-refractivity contribution in [2.24, 2.45) is 0 Å². The molecule has 12 aromatic carbocycles. The first-order valence-electron chi connectivity index (χ1n) is 23.3. The molecule has 15 rings (SSSR count). The first-order valence-corrected chi connectivity index (χ1v) is 23.3. The van der Waals surface area contributed by atoms with Crippen LogP contribution in [0.3, 0.4) is 0 Å². The zero-order valence-electron chi connectivity index (χ0n) is 36.7. The van der Waals surface area contributed by atoms with Gasteiger partial charge in [-0.25, -0.2) is 9.97 Å². The Morgan fingerprint density at radius 1 is 0.250 bits per heavy atom. The van der Waals surface area contributed by atoms with Crippen LogP contribution >= 0.6 is 0 Å². The molecule has 0 aliphatic carbocycles. The molecule has 0 fully saturated rings. The molecular formula is C64H38N4. The molecule has 0 atom stereocenters. The molecule has 0 N–H and O–H groups in total. The van der Waals surface area contributed by atoms with Crippen LogP contribution in [0, 0.1) is 0 Å². The molecule has 314 valence electrons. The summed E-state index contributed by atoms with van der Waals surface area (Å²) < 4.78 is 4.87. The van der Waals surface area contributed by atoms with Crippen molar-refractivity contribution in [3.05, 3.63) is 231 Å². The van der Waals surface area contributed by atoms with Crippen molar-refractivity contribution < 1.29 is 0 Å². The van der Waals surface area contributed by atoms with E-state index in [1.54, 1.807) is 0 Å². The van der Waals surface area contributed by atoms with Crippen LogP contribution in [0.25, 0.3) is 142 Å². The predicted molar refractivity (Wildman–Crippen MR) is 287 cm³/mol. The van der Waals surface area contributed by atoms with E-state index in [1.165, 1.54) is 86.7 Å². The van der Waals surface area contributed by atoms with E-state index in [1.807, 2.05) is 12.1 Å². The van der Waals surface area contributed by atoms with Crippen molar-refractivity contribution in [1.82, 2.24) is 19.1 Å². The Morgan fingerprint density at radius 3 is 1.40 bits per heavy atom. The number of aromatic nitrogens is 4. The van der Waals surface area contributed by atoms with Gasteiger partial charge in [0, 0.05) is 44.0 Å². The summed E-state index contributed by atoms with van der Waals surface area (Å²) >= 11 is 0. The average molecular weight is 863 g/mol. The third-order valence-electron chi connectivity index (χ3n) is 14.4. The molecule has 0 unspecified atom stereocenters. The first-order chi connectivity index (χ1) is 33.7. The Balaban J connectivity index is 0.902. The second-order valence-electron chi connectivity index (χ2n) is 18.2. The third-order valence-corrected chi connectivity index (χ3v) is 14.4. The minimum atomic E-state index is 0.869. The van der Waals surface area contributed by atoms with Gasteiger partial charge in [-0.2, -0.15) is 0 Å². The van der Waals surface area contributed by atoms with Gasteiger partial charge in [0.2, 0.25) is 0 Å². The number of nitrogens with zero attached hydrogens (tertiary/aromatic N) is 4. The quantitative estimate of drug-likeness (QED) is 0.165. The zero-order valence-corrected chi connectivity index (χ0v) is 36.7. The summed E-state index contributed by atoms with van der Waals surface area (Å²) in [7, 11) is 0. The second kappa shape index (κ2) is 14.2. The molecule has 68 heavy (non-hydrogen) atoms. The Labute approximate surface area is 390 Å². The lowest BCUT2D eigenvalue weighted by Crippen LogP contribution is -1.97. The van der Waals surface area contributed by atoms with Crippen LogP contribution in [-0.4, -0.2) is 19.1 Å². The Morgan fingerprint density at radius 2 is 0.721 bits per heavy atom. The summed E-state index contributed by atoms with van der Waals surface area (Å²) in [4.78, 5) is 10.8. The van der Waals surface area contributed by atoms with Crippen LogP contribution in [0.4, 0.5) is 0 Å². The van der Waals surface area contributed by atoms with Gasteiger partial charge in [-0.1, -0.05) is 146 Å². The molecule has 4 nitrogen and oxygen atoms in total. The fraction of sp³-hybridized carbons (Fsp3) is 0. The maximum absolute atomic E-state index is 5.40. The topological polar surface area (TPSA) is 35.6 Å². The molecule has 15 aromatic rings. The fourth-order valence-corrected chi connectivity index (χ4v) is 11.2. The minimum absolute atomic E-state index is 0.869. The van der Waals surface area contributed by atoms with Gasteiger partial charge in [0.05, 0.1) is 44.5 Å². The maximum atomic E-state index is 5.40. The van der Waals surface area contributed by atoms with Crippen LogP contribution in [0.15, 0.2) is 231 Å². The molecule has 0 aliphatic heterocycles. The van der Waals surface area contributed by atoms with E-state index in [-0.39, 0.29) is 0 Å². The van der Waals surface area contributed by atoms with Crippen molar-refractivity contribution in [3.63, 3.8) is 0 Å². The molecule has 0 saturated carbocycles. The van der Waals surface area contributed by atoms with E-state index in [2.05, 4.69) is 228 Å². The highest BCUT2D eigenvalue weighted by Crippen LogP contribution is 2.42. The van der Waals surface area contributed by atoms with E-state index < -0.39 is 0 Å². The monoisotopic (exact) mass is 862 g/mol. The molecule has 3 aromatic heterocycles. The highest BCUT2D eigenvalue weighted by atomic mass is 15.0. The van der Waals surface area contributed by atoms with E-state index in [4.69, 9.17) is 9.97 Å². The average Bonchev–Trinajstić information content (AvgIpc) is 3.90. The fourth-order valence-electron chi connectivity index (χ4n) is 11.2. The summed E-state index contributed by atoms with van der Waals surface area (Å²) in [6.45, 7) is 0. The largest absolute Gasteiger partial charge is 0.309 e. The van der Waals surface area contributed by atoms with Gasteiger partial charge in [-0.05, 0) is 139 Å². The third kappa shape index (κ3) is 5.49. The number of rotatable bonds is 4. The number of hydrogen-bond donors (Lipinski definition) is 0. The molecule has 0 spiro atoms. The van der Waals surface area contributed by atoms with Crippen molar-refractivity contribution in [1.29, 1.82) is 0 Å². The molecule has 4 heteroatoms. The van der Waals surface area contributed by atoms with Crippen molar-refractivity contribution in [2.45, 2.75) is 0 Å². The Kier molecular flexibility index (Phi) is 7.75. The van der Waals surface area contributed by atoms with Gasteiger partial charge in [-0.15, -0.1) is 0 Å². The minimum Gasteiger partial charge on any atom is -0.309 e. The van der Waals surface area contributed by atoms with Gasteiger partial charge >= 0.3 is 0 Å². The highest BCUT2D eigenvalue weighted by molar-refractivity contribution is 6.17. The summed E-state index contributed by atoms with van der Waals surface area (Å²) in [5.74, 6) is 0. The summed E-state index contributed by atoms with van der Waals surface area (Å²) in [5, 5.41) is 17.0. The lowest BCUT2D eigenvalue weighted by atomic mass is 9.93. The smallest absolute Gasteiger partial charge is 0.0979 e. The van der Waals surface area contributed by atoms with Crippen molar-refractivity contribution in [3.8, 4) is 33.9 Å². The maximum Gasteiger partial charge on any atom is 0.0979 e. The van der Waals surface area contributed by atoms with E-state index in [0.717, 1.165) is 55.7 Å². The summed E-state index contributed by atoms with van der Waals surface area (Å²) in [6.07, 6.45) is 0. The van der Waals surface area contributed by atoms with Gasteiger partial charge in [0.15, 0.2) is 0 Å². The van der Waals surface area contributed by atoms with Crippen LogP contribution in [-0.2, 0) is 0 Å². The molecule has 3 heterocycles. The van der Waals surface area contributed by atoms with E-state index in [9.17, 15) is 0 Å². The summed E-state index contributed by atoms with van der Waals surface area (Å²) in [5.41, 5.74) is 12.6. The standard InChI is InChI=1S/C64H38N4/c1-2-14-41-37-61-54(34-40(41)13-1)52-19-7-11-23-59(52)68(61)48-30-28-42-38-62-55(36-46(42)33-48)53-20-8-12-24-60(53)67(62)47-29-27-39-25-26-44(31-45(39)32-47)63-64(66-58-22-10-9-21-57(58)65-63)56-35-43-15-3-4-16-49(43)50-17-5-6-18-51(50)56/h1-38H. The van der Waals surface area contributed by atoms with Gasteiger partial charge in [0.1, 0.15) is 0 Å². The SMILES string of the molecule is c1ccc2cc3c(cc2c1)c1ccccc1n3-c1ccc2cc3c(cc2c1)c1ccccc1n3-c1ccc2ccc(-c3nc4ccccc4nc3-c3cc4ccccc4c4ccccc34)cc2c1. The van der Waals surface area contributed by atoms with Crippen molar-refractivity contribution >= 4 is 109 Å². The number of benzene rings is 12. The Hall–Kier alpha value is -9.12. The molecule has 0 saturated heterocycles. The number of para-hydroxylation sites is 4. The first kappa shape index (κ1) is 37.1. The number of hydrogen-bond acceptors (Lipinski definition) is 2. The lowest BCUT2D eigenvalue weighted by Gasteiger charge is -2.15. The van der Waals surface area contributed by atoms with E-state index >= 15 is 0 Å². The van der Waals surface area contributed by atoms with Gasteiger partial charge < -0.3 is 9.13 Å². The van der Waals surface area contributed by atoms with Crippen LogP contribution in [0.1, 0.15) is 0 Å². The zero-order chi connectivity index (χ0) is 44.5. The van der Waals surface area contributed by atoms with Gasteiger partial charge in [0.25, 0.3) is 0 Å². The molecule has 0 bridgehead atoms. The predicted octanol–water partition coefficient (Wildman–Crippen LogP) is 16.9. The Bertz CT molecular complexity index is 4630. The van der Waals surface area contributed by atoms with Crippen LogP contribution in [0.2, 0.25) is 0 Å². The molecular weight excluding hydrogens is 825 g/mol. The normalized spacial score (nSPS) is 12.1. The number of fused-ring (bicyclic) bond motifs is 13. The van der Waals surface area contributed by atoms with E-state index in [0.29, 0.717) is 0 Å².